The lowest BCUT2D eigenvalue weighted by Crippen LogP contribution is -1.85. The summed E-state index contributed by atoms with van der Waals surface area (Å²) in [6.45, 7) is 3.97. The molecule has 4 heteroatoms. The summed E-state index contributed by atoms with van der Waals surface area (Å²) in [5, 5.41) is 9.34. The van der Waals surface area contributed by atoms with Crippen LogP contribution in [0.1, 0.15) is 16.1 Å². The van der Waals surface area contributed by atoms with E-state index >= 15 is 0 Å². The molecule has 0 atom stereocenters. The van der Waals surface area contributed by atoms with Crippen molar-refractivity contribution < 1.29 is 0 Å². The minimum Gasteiger partial charge on any atom is -0.389 e. The van der Waals surface area contributed by atoms with Crippen LogP contribution in [0.15, 0.2) is 37.0 Å². The Morgan fingerprint density at radius 2 is 2.31 bits per heavy atom. The number of anilines is 1. The van der Waals surface area contributed by atoms with E-state index < -0.39 is 0 Å². The zero-order valence-corrected chi connectivity index (χ0v) is 9.29. The summed E-state index contributed by atoms with van der Waals surface area (Å²) >= 11 is 1.36. The summed E-state index contributed by atoms with van der Waals surface area (Å²) < 4.78 is 0. The van der Waals surface area contributed by atoms with E-state index in [2.05, 4.69) is 11.6 Å². The average Bonchev–Trinajstić information content (AvgIpc) is 2.71. The topological polar surface area (TPSA) is 62.7 Å². The first kappa shape index (κ1) is 10.4. The molecule has 3 nitrogen and oxygen atoms in total. The van der Waals surface area contributed by atoms with E-state index in [4.69, 9.17) is 11.0 Å². The Hall–Kier alpha value is -2.12. The number of hydrogen-bond donors (Lipinski definition) is 1. The van der Waals surface area contributed by atoms with Crippen LogP contribution in [0.5, 0.6) is 0 Å². The molecule has 0 radical (unpaired) electrons. The van der Waals surface area contributed by atoms with E-state index in [9.17, 15) is 0 Å². The molecule has 0 saturated heterocycles. The van der Waals surface area contributed by atoms with Crippen LogP contribution in [0.3, 0.4) is 0 Å². The molecule has 0 aliphatic carbocycles. The monoisotopic (exact) mass is 227 g/mol. The van der Waals surface area contributed by atoms with Crippen molar-refractivity contribution in [1.29, 1.82) is 5.26 Å². The second-order valence-corrected chi connectivity index (χ2v) is 4.28. The van der Waals surface area contributed by atoms with Gasteiger partial charge in [0.15, 0.2) is 0 Å². The minimum atomic E-state index is 0.497. The molecule has 0 bridgehead atoms. The third-order valence-corrected chi connectivity index (χ3v) is 3.18. The molecule has 0 spiro atoms. The summed E-state index contributed by atoms with van der Waals surface area (Å²) in [5.74, 6) is 0. The zero-order valence-electron chi connectivity index (χ0n) is 8.47. The lowest BCUT2D eigenvalue weighted by atomic mass is 10.1. The standard InChI is InChI=1S/C12H9N3S/c1-8(10-4-2-3-5-15-10)11-6-9(7-13)12(14)16-11/h2-6H,1,14H2. The van der Waals surface area contributed by atoms with Gasteiger partial charge in [0.25, 0.3) is 0 Å². The Labute approximate surface area is 97.5 Å². The van der Waals surface area contributed by atoms with Crippen molar-refractivity contribution >= 4 is 21.9 Å². The molecular weight excluding hydrogens is 218 g/mol. The highest BCUT2D eigenvalue weighted by molar-refractivity contribution is 7.17. The van der Waals surface area contributed by atoms with Crippen LogP contribution in [0.2, 0.25) is 0 Å². The molecule has 0 amide bonds. The molecule has 0 saturated carbocycles. The average molecular weight is 227 g/mol. The molecule has 0 fully saturated rings. The van der Waals surface area contributed by atoms with Crippen molar-refractivity contribution in [1.82, 2.24) is 4.98 Å². The molecule has 2 aromatic heterocycles. The first-order valence-corrected chi connectivity index (χ1v) is 5.44. The van der Waals surface area contributed by atoms with Crippen molar-refractivity contribution in [2.75, 3.05) is 5.73 Å². The highest BCUT2D eigenvalue weighted by Crippen LogP contribution is 2.31. The molecular formula is C12H9N3S. The van der Waals surface area contributed by atoms with Crippen molar-refractivity contribution in [2.45, 2.75) is 0 Å². The molecule has 2 heterocycles. The van der Waals surface area contributed by atoms with Gasteiger partial charge in [0.05, 0.1) is 11.3 Å². The molecule has 2 aromatic rings. The number of pyridine rings is 1. The summed E-state index contributed by atoms with van der Waals surface area (Å²) in [6.07, 6.45) is 1.71. The van der Waals surface area contributed by atoms with Gasteiger partial charge in [-0.25, -0.2) is 0 Å². The van der Waals surface area contributed by atoms with Gasteiger partial charge in [0.1, 0.15) is 11.1 Å². The maximum absolute atomic E-state index is 8.82. The van der Waals surface area contributed by atoms with Crippen molar-refractivity contribution in [3.05, 3.63) is 53.2 Å². The molecule has 16 heavy (non-hydrogen) atoms. The quantitative estimate of drug-likeness (QED) is 0.857. The Morgan fingerprint density at radius 3 is 2.88 bits per heavy atom. The molecule has 0 aromatic carbocycles. The summed E-state index contributed by atoms with van der Waals surface area (Å²) in [4.78, 5) is 5.09. The largest absolute Gasteiger partial charge is 0.389 e. The van der Waals surface area contributed by atoms with Gasteiger partial charge in [-0.15, -0.1) is 11.3 Å². The van der Waals surface area contributed by atoms with E-state index in [-0.39, 0.29) is 0 Å². The summed E-state index contributed by atoms with van der Waals surface area (Å²) in [5.41, 5.74) is 7.79. The van der Waals surface area contributed by atoms with Gasteiger partial charge in [-0.3, -0.25) is 4.98 Å². The molecule has 2 rings (SSSR count). The number of nitriles is 1. The van der Waals surface area contributed by atoms with Crippen molar-refractivity contribution in [3.63, 3.8) is 0 Å². The SMILES string of the molecule is C=C(c1ccccn1)c1cc(C#N)c(N)s1. The maximum atomic E-state index is 8.82. The fourth-order valence-electron chi connectivity index (χ4n) is 1.31. The third kappa shape index (κ3) is 1.81. The Bertz CT molecular complexity index is 564. The van der Waals surface area contributed by atoms with Crippen LogP contribution >= 0.6 is 11.3 Å². The van der Waals surface area contributed by atoms with Crippen LogP contribution in [-0.2, 0) is 0 Å². The third-order valence-electron chi connectivity index (χ3n) is 2.15. The lowest BCUT2D eigenvalue weighted by molar-refractivity contribution is 1.28. The summed E-state index contributed by atoms with van der Waals surface area (Å²) in [6, 6.07) is 9.42. The number of rotatable bonds is 2. The molecule has 2 N–H and O–H groups in total. The second-order valence-electron chi connectivity index (χ2n) is 3.19. The van der Waals surface area contributed by atoms with Gasteiger partial charge in [0.2, 0.25) is 0 Å². The lowest BCUT2D eigenvalue weighted by Gasteiger charge is -2.00. The van der Waals surface area contributed by atoms with Crippen LogP contribution in [0, 0.1) is 11.3 Å². The highest BCUT2D eigenvalue weighted by Gasteiger charge is 2.10. The highest BCUT2D eigenvalue weighted by atomic mass is 32.1. The number of nitrogens with two attached hydrogens (primary N) is 1. The maximum Gasteiger partial charge on any atom is 0.104 e. The van der Waals surface area contributed by atoms with E-state index in [1.54, 1.807) is 12.3 Å². The van der Waals surface area contributed by atoms with Crippen molar-refractivity contribution in [2.24, 2.45) is 0 Å². The van der Waals surface area contributed by atoms with Gasteiger partial charge in [0, 0.05) is 16.6 Å². The van der Waals surface area contributed by atoms with E-state index in [1.807, 2.05) is 24.3 Å². The minimum absolute atomic E-state index is 0.497. The number of thiophene rings is 1. The van der Waals surface area contributed by atoms with Gasteiger partial charge in [-0.2, -0.15) is 5.26 Å². The molecule has 0 aliphatic rings. The predicted octanol–water partition coefficient (Wildman–Crippen LogP) is 2.66. The van der Waals surface area contributed by atoms with Crippen molar-refractivity contribution in [3.8, 4) is 6.07 Å². The molecule has 0 aliphatic heterocycles. The predicted molar refractivity (Wildman–Crippen MR) is 65.8 cm³/mol. The smallest absolute Gasteiger partial charge is 0.104 e. The van der Waals surface area contributed by atoms with Crippen LogP contribution < -0.4 is 5.73 Å². The number of aromatic nitrogens is 1. The van der Waals surface area contributed by atoms with Gasteiger partial charge < -0.3 is 5.73 Å². The van der Waals surface area contributed by atoms with E-state index in [0.29, 0.717) is 10.6 Å². The second kappa shape index (κ2) is 4.17. The zero-order chi connectivity index (χ0) is 11.5. The molecule has 0 unspecified atom stereocenters. The fourth-order valence-corrected chi connectivity index (χ4v) is 2.16. The first-order chi connectivity index (χ1) is 7.72. The van der Waals surface area contributed by atoms with Gasteiger partial charge in [-0.1, -0.05) is 12.6 Å². The van der Waals surface area contributed by atoms with Crippen LogP contribution in [0.4, 0.5) is 5.00 Å². The number of hydrogen-bond acceptors (Lipinski definition) is 4. The Balaban J connectivity index is 2.39. The van der Waals surface area contributed by atoms with E-state index in [1.165, 1.54) is 11.3 Å². The van der Waals surface area contributed by atoms with Crippen LogP contribution in [-0.4, -0.2) is 4.98 Å². The Morgan fingerprint density at radius 1 is 1.50 bits per heavy atom. The Kier molecular flexibility index (Phi) is 2.71. The van der Waals surface area contributed by atoms with Crippen LogP contribution in [0.25, 0.3) is 5.57 Å². The molecule has 78 valence electrons. The van der Waals surface area contributed by atoms with Gasteiger partial charge >= 0.3 is 0 Å². The normalized spacial score (nSPS) is 9.69. The fraction of sp³-hybridized carbons (Fsp3) is 0. The summed E-state index contributed by atoms with van der Waals surface area (Å²) in [7, 11) is 0. The number of nitrogen functional groups attached to an aromatic ring is 1. The number of nitrogens with zero attached hydrogens (tertiary/aromatic N) is 2. The van der Waals surface area contributed by atoms with Gasteiger partial charge in [-0.05, 0) is 18.2 Å². The first-order valence-electron chi connectivity index (χ1n) is 4.62. The van der Waals surface area contributed by atoms with E-state index in [0.717, 1.165) is 16.1 Å².